The molecule has 1 heterocycles. The Balaban J connectivity index is 2.01. The summed E-state index contributed by atoms with van der Waals surface area (Å²) in [7, 11) is 1.51. The normalized spacial score (nSPS) is 15.2. The Labute approximate surface area is 147 Å². The van der Waals surface area contributed by atoms with Gasteiger partial charge in [-0.25, -0.2) is 4.79 Å². The Morgan fingerprint density at radius 1 is 1.08 bits per heavy atom. The zero-order valence-corrected chi connectivity index (χ0v) is 15.2. The van der Waals surface area contributed by atoms with Gasteiger partial charge in [-0.3, -0.25) is 4.79 Å². The lowest BCUT2D eigenvalue weighted by Gasteiger charge is -2.35. The first kappa shape index (κ1) is 18.4. The van der Waals surface area contributed by atoms with E-state index in [1.165, 1.54) is 7.11 Å². The smallest absolute Gasteiger partial charge is 0.410 e. The lowest BCUT2D eigenvalue weighted by molar-refractivity contribution is 0.0140. The quantitative estimate of drug-likeness (QED) is 0.819. The summed E-state index contributed by atoms with van der Waals surface area (Å²) in [4.78, 5) is 28.1. The second-order valence-corrected chi connectivity index (χ2v) is 7.04. The average molecular weight is 355 g/mol. The van der Waals surface area contributed by atoms with Crippen molar-refractivity contribution in [2.45, 2.75) is 26.4 Å². The first-order valence-corrected chi connectivity index (χ1v) is 8.20. The maximum atomic E-state index is 12.7. The van der Waals surface area contributed by atoms with E-state index in [1.807, 2.05) is 20.8 Å². The summed E-state index contributed by atoms with van der Waals surface area (Å²) in [6.45, 7) is 7.23. The molecule has 2 rings (SSSR count). The molecule has 2 amide bonds. The summed E-state index contributed by atoms with van der Waals surface area (Å²) >= 11 is 5.99. The number of nitrogens with zero attached hydrogens (tertiary/aromatic N) is 2. The average Bonchev–Trinajstić information content (AvgIpc) is 2.52. The maximum absolute atomic E-state index is 12.7. The summed E-state index contributed by atoms with van der Waals surface area (Å²) in [6.07, 6.45) is -0.352. The lowest BCUT2D eigenvalue weighted by Crippen LogP contribution is -2.51. The van der Waals surface area contributed by atoms with E-state index < -0.39 is 5.60 Å². The highest BCUT2D eigenvalue weighted by Gasteiger charge is 2.29. The summed E-state index contributed by atoms with van der Waals surface area (Å²) in [6, 6.07) is 4.95. The fourth-order valence-electron chi connectivity index (χ4n) is 2.44. The second kappa shape index (κ2) is 7.30. The van der Waals surface area contributed by atoms with Crippen molar-refractivity contribution < 1.29 is 19.1 Å². The van der Waals surface area contributed by atoms with Gasteiger partial charge in [-0.2, -0.15) is 0 Å². The maximum Gasteiger partial charge on any atom is 0.410 e. The van der Waals surface area contributed by atoms with Crippen LogP contribution in [0.1, 0.15) is 31.1 Å². The van der Waals surface area contributed by atoms with Crippen molar-refractivity contribution in [2.75, 3.05) is 33.3 Å². The van der Waals surface area contributed by atoms with Crippen LogP contribution in [-0.4, -0.2) is 60.7 Å². The van der Waals surface area contributed by atoms with E-state index in [0.717, 1.165) is 0 Å². The number of halogens is 1. The predicted octanol–water partition coefficient (Wildman–Crippen LogP) is 3.04. The number of amides is 2. The number of carbonyl (C=O) groups excluding carboxylic acids is 2. The van der Waals surface area contributed by atoms with E-state index >= 15 is 0 Å². The standard InChI is InChI=1S/C17H23ClN2O4/c1-17(2,3)24-16(22)20-9-7-19(8-10-20)15(21)13-11-12(18)5-6-14(13)23-4/h5-6,11H,7-10H2,1-4H3. The Bertz CT molecular complexity index is 620. The Hall–Kier alpha value is -1.95. The number of methoxy groups -OCH3 is 1. The van der Waals surface area contributed by atoms with Crippen LogP contribution in [0.5, 0.6) is 5.75 Å². The van der Waals surface area contributed by atoms with Crippen LogP contribution in [0, 0.1) is 0 Å². The molecule has 1 aromatic carbocycles. The Kier molecular flexibility index (Phi) is 5.59. The van der Waals surface area contributed by atoms with Gasteiger partial charge in [-0.15, -0.1) is 0 Å². The van der Waals surface area contributed by atoms with Crippen molar-refractivity contribution in [3.63, 3.8) is 0 Å². The van der Waals surface area contributed by atoms with Gasteiger partial charge < -0.3 is 19.3 Å². The topological polar surface area (TPSA) is 59.1 Å². The fourth-order valence-corrected chi connectivity index (χ4v) is 2.61. The van der Waals surface area contributed by atoms with Gasteiger partial charge in [-0.1, -0.05) is 11.6 Å². The number of rotatable bonds is 2. The minimum atomic E-state index is -0.530. The van der Waals surface area contributed by atoms with Crippen molar-refractivity contribution in [3.8, 4) is 5.75 Å². The molecule has 0 aliphatic carbocycles. The summed E-state index contributed by atoms with van der Waals surface area (Å²) in [5.74, 6) is 0.331. The van der Waals surface area contributed by atoms with Crippen LogP contribution in [-0.2, 0) is 4.74 Å². The third kappa shape index (κ3) is 4.54. The van der Waals surface area contributed by atoms with Crippen LogP contribution < -0.4 is 4.74 Å². The van der Waals surface area contributed by atoms with Crippen LogP contribution in [0.25, 0.3) is 0 Å². The zero-order chi connectivity index (χ0) is 17.9. The van der Waals surface area contributed by atoms with Gasteiger partial charge in [0.05, 0.1) is 12.7 Å². The van der Waals surface area contributed by atoms with Gasteiger partial charge >= 0.3 is 6.09 Å². The number of ether oxygens (including phenoxy) is 2. The SMILES string of the molecule is COc1ccc(Cl)cc1C(=O)N1CCN(C(=O)OC(C)(C)C)CC1. The summed E-state index contributed by atoms with van der Waals surface area (Å²) < 4.78 is 10.6. The highest BCUT2D eigenvalue weighted by atomic mass is 35.5. The molecule has 0 spiro atoms. The third-order valence-corrected chi connectivity index (χ3v) is 3.85. The molecule has 0 radical (unpaired) electrons. The molecule has 1 aliphatic rings. The van der Waals surface area contributed by atoms with E-state index in [0.29, 0.717) is 42.5 Å². The lowest BCUT2D eigenvalue weighted by atomic mass is 10.1. The van der Waals surface area contributed by atoms with Crippen LogP contribution >= 0.6 is 11.6 Å². The Morgan fingerprint density at radius 2 is 1.67 bits per heavy atom. The number of benzene rings is 1. The molecule has 1 aromatic rings. The molecule has 0 N–H and O–H groups in total. The molecule has 24 heavy (non-hydrogen) atoms. The second-order valence-electron chi connectivity index (χ2n) is 6.60. The molecule has 1 saturated heterocycles. The van der Waals surface area contributed by atoms with Crippen LogP contribution in [0.15, 0.2) is 18.2 Å². The van der Waals surface area contributed by atoms with Crippen molar-refractivity contribution >= 4 is 23.6 Å². The molecule has 0 saturated carbocycles. The molecule has 132 valence electrons. The molecule has 0 bridgehead atoms. The molecule has 0 unspecified atom stereocenters. The molecule has 7 heteroatoms. The van der Waals surface area contributed by atoms with E-state index in [4.69, 9.17) is 21.1 Å². The van der Waals surface area contributed by atoms with E-state index in [1.54, 1.807) is 28.0 Å². The van der Waals surface area contributed by atoms with Crippen molar-refractivity contribution in [3.05, 3.63) is 28.8 Å². The van der Waals surface area contributed by atoms with Gasteiger partial charge in [0.25, 0.3) is 5.91 Å². The number of piperazine rings is 1. The van der Waals surface area contributed by atoms with E-state index in [-0.39, 0.29) is 12.0 Å². The predicted molar refractivity (Wildman–Crippen MR) is 91.7 cm³/mol. The zero-order valence-electron chi connectivity index (χ0n) is 14.5. The first-order chi connectivity index (χ1) is 11.2. The van der Waals surface area contributed by atoms with Crippen molar-refractivity contribution in [1.82, 2.24) is 9.80 Å². The first-order valence-electron chi connectivity index (χ1n) is 7.82. The van der Waals surface area contributed by atoms with E-state index in [9.17, 15) is 9.59 Å². The van der Waals surface area contributed by atoms with Gasteiger partial charge in [0, 0.05) is 31.2 Å². The number of carbonyl (C=O) groups is 2. The van der Waals surface area contributed by atoms with E-state index in [2.05, 4.69) is 0 Å². The highest BCUT2D eigenvalue weighted by molar-refractivity contribution is 6.31. The number of hydrogen-bond acceptors (Lipinski definition) is 4. The Morgan fingerprint density at radius 3 is 2.21 bits per heavy atom. The van der Waals surface area contributed by atoms with Gasteiger partial charge in [-0.05, 0) is 39.0 Å². The molecule has 1 aliphatic heterocycles. The summed E-state index contributed by atoms with van der Waals surface area (Å²) in [5.41, 5.74) is -0.103. The van der Waals surface area contributed by atoms with Crippen molar-refractivity contribution in [2.24, 2.45) is 0 Å². The highest BCUT2D eigenvalue weighted by Crippen LogP contribution is 2.24. The molecule has 6 nitrogen and oxygen atoms in total. The summed E-state index contributed by atoms with van der Waals surface area (Å²) in [5, 5.41) is 0.478. The monoisotopic (exact) mass is 354 g/mol. The fraction of sp³-hybridized carbons (Fsp3) is 0.529. The van der Waals surface area contributed by atoms with Gasteiger partial charge in [0.1, 0.15) is 11.4 Å². The van der Waals surface area contributed by atoms with Crippen molar-refractivity contribution in [1.29, 1.82) is 0 Å². The molecule has 1 fully saturated rings. The molecule has 0 aromatic heterocycles. The van der Waals surface area contributed by atoms with Gasteiger partial charge in [0.2, 0.25) is 0 Å². The molecular formula is C17H23ClN2O4. The van der Waals surface area contributed by atoms with Crippen LogP contribution in [0.2, 0.25) is 5.02 Å². The molecular weight excluding hydrogens is 332 g/mol. The minimum Gasteiger partial charge on any atom is -0.496 e. The van der Waals surface area contributed by atoms with Crippen LogP contribution in [0.4, 0.5) is 4.79 Å². The van der Waals surface area contributed by atoms with Crippen LogP contribution in [0.3, 0.4) is 0 Å². The number of hydrogen-bond donors (Lipinski definition) is 0. The van der Waals surface area contributed by atoms with Gasteiger partial charge in [0.15, 0.2) is 0 Å². The largest absolute Gasteiger partial charge is 0.496 e. The third-order valence-electron chi connectivity index (χ3n) is 3.61. The minimum absolute atomic E-state index is 0.154. The molecule has 0 atom stereocenters.